The molecule has 1 aromatic heterocycles. The Hall–Kier alpha value is -0.680. The fourth-order valence-corrected chi connectivity index (χ4v) is 1.77. The van der Waals surface area contributed by atoms with E-state index < -0.39 is 0 Å². The van der Waals surface area contributed by atoms with Crippen LogP contribution in [0.3, 0.4) is 0 Å². The van der Waals surface area contributed by atoms with Crippen LogP contribution in [0, 0.1) is 0 Å². The van der Waals surface area contributed by atoms with Crippen LogP contribution in [0.4, 0.5) is 5.69 Å². The second kappa shape index (κ2) is 4.02. The van der Waals surface area contributed by atoms with Crippen LogP contribution < -0.4 is 5.73 Å². The first-order chi connectivity index (χ1) is 6.00. The van der Waals surface area contributed by atoms with Gasteiger partial charge in [0.1, 0.15) is 5.03 Å². The van der Waals surface area contributed by atoms with Crippen LogP contribution in [-0.4, -0.2) is 26.2 Å². The summed E-state index contributed by atoms with van der Waals surface area (Å²) in [6.45, 7) is 3.71. The van der Waals surface area contributed by atoms with E-state index in [0.717, 1.165) is 5.03 Å². The molecule has 5 heteroatoms. The van der Waals surface area contributed by atoms with Gasteiger partial charge in [-0.1, -0.05) is 18.7 Å². The zero-order valence-electron chi connectivity index (χ0n) is 8.06. The van der Waals surface area contributed by atoms with E-state index in [1.165, 1.54) is 11.8 Å². The third kappa shape index (κ3) is 2.63. The zero-order valence-corrected chi connectivity index (χ0v) is 8.88. The second-order valence-electron chi connectivity index (χ2n) is 3.13. The Balaban J connectivity index is 2.68. The van der Waals surface area contributed by atoms with Crippen LogP contribution >= 0.6 is 11.8 Å². The van der Waals surface area contributed by atoms with Crippen molar-refractivity contribution >= 4 is 17.4 Å². The molecule has 1 rings (SSSR count). The topological polar surface area (TPSA) is 64.1 Å². The van der Waals surface area contributed by atoms with Crippen molar-refractivity contribution in [3.63, 3.8) is 0 Å². The monoisotopic (exact) mass is 201 g/mol. The number of aliphatic hydroxyl groups is 1. The molecule has 74 valence electrons. The first kappa shape index (κ1) is 10.4. The molecule has 0 spiro atoms. The molecule has 0 aliphatic rings. The largest absolute Gasteiger partial charge is 0.395 e. The van der Waals surface area contributed by atoms with Crippen LogP contribution in [0.2, 0.25) is 0 Å². The summed E-state index contributed by atoms with van der Waals surface area (Å²) in [6, 6.07) is 0. The summed E-state index contributed by atoms with van der Waals surface area (Å²) in [6.07, 6.45) is 1.41. The van der Waals surface area contributed by atoms with E-state index in [4.69, 9.17) is 5.73 Å². The molecule has 0 aliphatic heterocycles. The van der Waals surface area contributed by atoms with Crippen LogP contribution in [0.5, 0.6) is 0 Å². The van der Waals surface area contributed by atoms with Gasteiger partial charge in [0.05, 0.1) is 11.8 Å². The predicted octanol–water partition coefficient (Wildman–Crippen LogP) is 0.864. The quantitative estimate of drug-likeness (QED) is 0.712. The molecule has 0 bridgehead atoms. The lowest BCUT2D eigenvalue weighted by Crippen LogP contribution is -2.15. The van der Waals surface area contributed by atoms with Crippen molar-refractivity contribution in [3.8, 4) is 0 Å². The Labute approximate surface area is 82.1 Å². The lowest BCUT2D eigenvalue weighted by molar-refractivity contribution is 0.196. The van der Waals surface area contributed by atoms with E-state index >= 15 is 0 Å². The van der Waals surface area contributed by atoms with Gasteiger partial charge in [-0.15, -0.1) is 0 Å². The number of nitrogens with two attached hydrogens (primary N) is 1. The number of thioether (sulfide) groups is 1. The van der Waals surface area contributed by atoms with Crippen LogP contribution in [-0.2, 0) is 7.05 Å². The number of hydrogen-bond donors (Lipinski definition) is 2. The molecule has 0 saturated carbocycles. The number of aryl methyl sites for hydroxylation is 1. The van der Waals surface area contributed by atoms with Crippen molar-refractivity contribution < 1.29 is 5.11 Å². The molecular formula is C8H15N3OS. The molecule has 1 aromatic rings. The zero-order chi connectivity index (χ0) is 10.0. The molecule has 0 aromatic carbocycles. The number of anilines is 1. The van der Waals surface area contributed by atoms with E-state index in [0.29, 0.717) is 5.69 Å². The van der Waals surface area contributed by atoms with Gasteiger partial charge in [0.25, 0.3) is 0 Å². The van der Waals surface area contributed by atoms with E-state index in [2.05, 4.69) is 5.10 Å². The molecule has 4 nitrogen and oxygen atoms in total. The molecule has 0 fully saturated rings. The summed E-state index contributed by atoms with van der Waals surface area (Å²) < 4.78 is 1.67. The fraction of sp³-hybridized carbons (Fsp3) is 0.625. The van der Waals surface area contributed by atoms with E-state index in [9.17, 15) is 5.11 Å². The average Bonchev–Trinajstić information content (AvgIpc) is 2.30. The van der Waals surface area contributed by atoms with Gasteiger partial charge in [-0.2, -0.15) is 5.10 Å². The number of nitrogens with zero attached hydrogens (tertiary/aromatic N) is 2. The van der Waals surface area contributed by atoms with Gasteiger partial charge in [-0.05, 0) is 6.92 Å². The van der Waals surface area contributed by atoms with E-state index in [-0.39, 0.29) is 11.4 Å². The highest BCUT2D eigenvalue weighted by atomic mass is 32.2. The first-order valence-corrected chi connectivity index (χ1v) is 5.02. The van der Waals surface area contributed by atoms with Crippen LogP contribution in [0.25, 0.3) is 0 Å². The molecule has 13 heavy (non-hydrogen) atoms. The molecule has 0 radical (unpaired) electrons. The van der Waals surface area contributed by atoms with Crippen molar-refractivity contribution in [2.24, 2.45) is 7.05 Å². The van der Waals surface area contributed by atoms with E-state index in [1.54, 1.807) is 17.8 Å². The Morgan fingerprint density at radius 3 is 2.62 bits per heavy atom. The molecule has 2 unspecified atom stereocenters. The lowest BCUT2D eigenvalue weighted by Gasteiger charge is -2.12. The van der Waals surface area contributed by atoms with Gasteiger partial charge < -0.3 is 10.8 Å². The van der Waals surface area contributed by atoms with Gasteiger partial charge in [-0.25, -0.2) is 0 Å². The van der Waals surface area contributed by atoms with Gasteiger partial charge in [0, 0.05) is 18.5 Å². The number of aliphatic hydroxyl groups excluding tert-OH is 1. The van der Waals surface area contributed by atoms with Crippen LogP contribution in [0.15, 0.2) is 11.2 Å². The number of rotatable bonds is 3. The highest BCUT2D eigenvalue weighted by molar-refractivity contribution is 8.00. The summed E-state index contributed by atoms with van der Waals surface area (Å²) in [4.78, 5) is 0. The van der Waals surface area contributed by atoms with Gasteiger partial charge >= 0.3 is 0 Å². The lowest BCUT2D eigenvalue weighted by atomic mass is 10.3. The highest BCUT2D eigenvalue weighted by Crippen LogP contribution is 2.28. The van der Waals surface area contributed by atoms with Crippen molar-refractivity contribution in [2.45, 2.75) is 30.2 Å². The minimum atomic E-state index is -0.355. The minimum Gasteiger partial charge on any atom is -0.395 e. The third-order valence-corrected chi connectivity index (χ3v) is 3.10. The molecular weight excluding hydrogens is 186 g/mol. The number of aromatic nitrogens is 2. The summed E-state index contributed by atoms with van der Waals surface area (Å²) in [5.41, 5.74) is 6.37. The smallest absolute Gasteiger partial charge is 0.141 e. The average molecular weight is 201 g/mol. The van der Waals surface area contributed by atoms with Crippen molar-refractivity contribution in [1.29, 1.82) is 0 Å². The molecule has 0 saturated heterocycles. The summed E-state index contributed by atoms with van der Waals surface area (Å²) in [5.74, 6) is 0. The normalized spacial score (nSPS) is 15.7. The van der Waals surface area contributed by atoms with Gasteiger partial charge in [-0.3, -0.25) is 4.68 Å². The predicted molar refractivity (Wildman–Crippen MR) is 54.6 cm³/mol. The number of nitrogen functional groups attached to an aromatic ring is 1. The maximum Gasteiger partial charge on any atom is 0.141 e. The molecule has 2 atom stereocenters. The standard InChI is InChI=1S/C8H15N3OS/c1-5(12)6(2)13-8-7(9)4-11(3)10-8/h4-6,12H,9H2,1-3H3. The first-order valence-electron chi connectivity index (χ1n) is 4.14. The molecule has 3 N–H and O–H groups in total. The second-order valence-corrected chi connectivity index (χ2v) is 4.49. The van der Waals surface area contributed by atoms with Crippen molar-refractivity contribution in [3.05, 3.63) is 6.20 Å². The van der Waals surface area contributed by atoms with Gasteiger partial charge in [0.2, 0.25) is 0 Å². The van der Waals surface area contributed by atoms with Crippen molar-refractivity contribution in [2.75, 3.05) is 5.73 Å². The maximum absolute atomic E-state index is 9.28. The fourth-order valence-electron chi connectivity index (χ4n) is 0.853. The summed E-state index contributed by atoms with van der Waals surface area (Å²) >= 11 is 1.49. The van der Waals surface area contributed by atoms with Crippen molar-refractivity contribution in [1.82, 2.24) is 9.78 Å². The van der Waals surface area contributed by atoms with Gasteiger partial charge in [0.15, 0.2) is 0 Å². The summed E-state index contributed by atoms with van der Waals surface area (Å²) in [7, 11) is 1.83. The Kier molecular flexibility index (Phi) is 3.22. The maximum atomic E-state index is 9.28. The number of hydrogen-bond acceptors (Lipinski definition) is 4. The molecule has 0 amide bonds. The minimum absolute atomic E-state index is 0.109. The Morgan fingerprint density at radius 2 is 2.23 bits per heavy atom. The van der Waals surface area contributed by atoms with E-state index in [1.807, 2.05) is 14.0 Å². The molecule has 0 aliphatic carbocycles. The Bertz CT molecular complexity index is 285. The SMILES string of the molecule is CC(O)C(C)Sc1nn(C)cc1N. The summed E-state index contributed by atoms with van der Waals surface area (Å²) in [5, 5.41) is 14.4. The Morgan fingerprint density at radius 1 is 1.62 bits per heavy atom. The van der Waals surface area contributed by atoms with Crippen LogP contribution in [0.1, 0.15) is 13.8 Å². The third-order valence-electron chi connectivity index (χ3n) is 1.80. The molecule has 1 heterocycles. The highest BCUT2D eigenvalue weighted by Gasteiger charge is 2.14.